The number of aliphatic hydroxyl groups excluding tert-OH is 1. The van der Waals surface area contributed by atoms with Crippen molar-refractivity contribution in [2.75, 3.05) is 64.4 Å². The van der Waals surface area contributed by atoms with Crippen molar-refractivity contribution in [3.63, 3.8) is 0 Å². The summed E-state index contributed by atoms with van der Waals surface area (Å²) in [5.41, 5.74) is 0.910. The van der Waals surface area contributed by atoms with Crippen LogP contribution in [0.5, 0.6) is 5.75 Å². The Morgan fingerprint density at radius 2 is 1.95 bits per heavy atom. The van der Waals surface area contributed by atoms with Crippen LogP contribution in [0.2, 0.25) is 0 Å². The number of methoxy groups -OCH3 is 1. The van der Waals surface area contributed by atoms with E-state index in [4.69, 9.17) is 19.4 Å². The summed E-state index contributed by atoms with van der Waals surface area (Å²) in [6.07, 6.45) is 0. The molecule has 1 aromatic rings. The molecule has 5 nitrogen and oxygen atoms in total. The van der Waals surface area contributed by atoms with Crippen LogP contribution in [0.3, 0.4) is 0 Å². The van der Waals surface area contributed by atoms with E-state index < -0.39 is 20.2 Å². The molecule has 0 aromatic heterocycles. The average molecular weight is 287 g/mol. The Morgan fingerprint density at radius 3 is 2.60 bits per heavy atom. The van der Waals surface area contributed by atoms with Crippen molar-refractivity contribution < 1.29 is 24.2 Å². The standard InChI is InChI=1S/C15H24N2O3/c1-19-12-13-20-15-4-2-14(3-5-15)17-8-6-16(7-9-17)10-11-18/h2-5,18H,6-13H2,1H3/i1D3,12D2,13D2. The highest BCUT2D eigenvalue weighted by Crippen LogP contribution is 2.20. The second-order valence-corrected chi connectivity index (χ2v) is 4.45. The van der Waals surface area contributed by atoms with Gasteiger partial charge < -0.3 is 19.5 Å². The predicted molar refractivity (Wildman–Crippen MR) is 79.6 cm³/mol. The van der Waals surface area contributed by atoms with Crippen LogP contribution in [0.4, 0.5) is 5.69 Å². The van der Waals surface area contributed by atoms with Gasteiger partial charge in [0, 0.05) is 45.4 Å². The van der Waals surface area contributed by atoms with Gasteiger partial charge in [0.05, 0.1) is 22.8 Å². The second-order valence-electron chi connectivity index (χ2n) is 4.45. The van der Waals surface area contributed by atoms with E-state index >= 15 is 0 Å². The monoisotopic (exact) mass is 287 g/mol. The number of β-amino-alcohol motifs (C(OH)–C–C–N with tert-alkyl or cyclic N) is 1. The molecule has 5 heteroatoms. The Bertz CT molecular complexity index is 602. The summed E-state index contributed by atoms with van der Waals surface area (Å²) in [5.74, 6) is 0.0562. The Kier molecular flexibility index (Phi) is 3.32. The third kappa shape index (κ3) is 4.37. The number of ether oxygens (including phenoxy) is 2. The van der Waals surface area contributed by atoms with Crippen molar-refractivity contribution in [3.05, 3.63) is 24.3 Å². The molecule has 0 unspecified atom stereocenters. The molecular formula is C15H24N2O3. The zero-order chi connectivity index (χ0) is 20.3. The van der Waals surface area contributed by atoms with Gasteiger partial charge in [-0.15, -0.1) is 0 Å². The number of hydrogen-bond donors (Lipinski definition) is 1. The Morgan fingerprint density at radius 1 is 1.20 bits per heavy atom. The van der Waals surface area contributed by atoms with Crippen LogP contribution >= 0.6 is 0 Å². The Hall–Kier alpha value is -1.30. The maximum atomic E-state index is 8.98. The summed E-state index contributed by atoms with van der Waals surface area (Å²) in [4.78, 5) is 4.30. The molecule has 0 radical (unpaired) electrons. The molecular weight excluding hydrogens is 256 g/mol. The van der Waals surface area contributed by atoms with Gasteiger partial charge in [0.15, 0.2) is 0 Å². The summed E-state index contributed by atoms with van der Waals surface area (Å²) >= 11 is 0. The van der Waals surface area contributed by atoms with E-state index in [1.54, 1.807) is 12.1 Å². The number of piperazine rings is 1. The number of aliphatic hydroxyl groups is 1. The number of anilines is 1. The lowest BCUT2D eigenvalue weighted by atomic mass is 10.2. The minimum atomic E-state index is -3.17. The second kappa shape index (κ2) is 8.09. The van der Waals surface area contributed by atoms with Gasteiger partial charge in [-0.3, -0.25) is 4.90 Å². The molecule has 1 N–H and O–H groups in total. The Balaban J connectivity index is 1.99. The van der Waals surface area contributed by atoms with Gasteiger partial charge in [0.25, 0.3) is 0 Å². The first kappa shape index (κ1) is 8.22. The van der Waals surface area contributed by atoms with E-state index in [9.17, 15) is 0 Å². The number of hydrogen-bond acceptors (Lipinski definition) is 5. The summed E-state index contributed by atoms with van der Waals surface area (Å²) in [6, 6.07) is 6.46. The van der Waals surface area contributed by atoms with Crippen LogP contribution in [-0.4, -0.2) is 69.5 Å². The van der Waals surface area contributed by atoms with Crippen molar-refractivity contribution >= 4 is 5.69 Å². The molecule has 0 aliphatic carbocycles. The van der Waals surface area contributed by atoms with Crippen LogP contribution in [0.25, 0.3) is 0 Å². The van der Waals surface area contributed by atoms with E-state index in [-0.39, 0.29) is 12.4 Å². The number of rotatable bonds is 7. The summed E-state index contributed by atoms with van der Waals surface area (Å²) in [5, 5.41) is 8.98. The van der Waals surface area contributed by atoms with Crippen LogP contribution in [0.1, 0.15) is 9.60 Å². The van der Waals surface area contributed by atoms with Crippen molar-refractivity contribution in [3.8, 4) is 5.75 Å². The molecule has 1 aliphatic rings. The first-order valence-corrected chi connectivity index (χ1v) is 6.51. The highest BCUT2D eigenvalue weighted by molar-refractivity contribution is 5.49. The molecule has 0 bridgehead atoms. The largest absolute Gasteiger partial charge is 0.491 e. The lowest BCUT2D eigenvalue weighted by molar-refractivity contribution is 0.146. The molecule has 0 amide bonds. The van der Waals surface area contributed by atoms with Gasteiger partial charge in [-0.1, -0.05) is 0 Å². The number of nitrogens with zero attached hydrogens (tertiary/aromatic N) is 2. The third-order valence-corrected chi connectivity index (χ3v) is 3.25. The first-order valence-electron chi connectivity index (χ1n) is 10.0. The minimum absolute atomic E-state index is 0.0562. The zero-order valence-electron chi connectivity index (χ0n) is 18.2. The summed E-state index contributed by atoms with van der Waals surface area (Å²) < 4.78 is 60.6. The minimum Gasteiger partial charge on any atom is -0.491 e. The number of benzene rings is 1. The first-order chi connectivity index (χ1) is 12.4. The van der Waals surface area contributed by atoms with Crippen LogP contribution in [0.15, 0.2) is 24.3 Å². The molecule has 20 heavy (non-hydrogen) atoms. The molecule has 0 spiro atoms. The van der Waals surface area contributed by atoms with Gasteiger partial charge in [0.2, 0.25) is 0 Å². The normalized spacial score (nSPS) is 23.6. The van der Waals surface area contributed by atoms with Gasteiger partial charge in [-0.2, -0.15) is 0 Å². The Labute approximate surface area is 130 Å². The smallest absolute Gasteiger partial charge is 0.119 e. The molecule has 2 rings (SSSR count). The van der Waals surface area contributed by atoms with Crippen molar-refractivity contribution in [1.82, 2.24) is 4.90 Å². The lowest BCUT2D eigenvalue weighted by Crippen LogP contribution is -2.47. The maximum Gasteiger partial charge on any atom is 0.119 e. The van der Waals surface area contributed by atoms with E-state index in [0.717, 1.165) is 31.9 Å². The van der Waals surface area contributed by atoms with E-state index in [1.165, 1.54) is 12.1 Å². The van der Waals surface area contributed by atoms with E-state index in [0.29, 0.717) is 6.54 Å². The summed E-state index contributed by atoms with van der Waals surface area (Å²) in [7, 11) is -3.10. The van der Waals surface area contributed by atoms with Gasteiger partial charge in [0.1, 0.15) is 12.3 Å². The molecule has 0 atom stereocenters. The van der Waals surface area contributed by atoms with Crippen LogP contribution in [0, 0.1) is 0 Å². The molecule has 0 saturated carbocycles. The fourth-order valence-electron chi connectivity index (χ4n) is 2.20. The van der Waals surface area contributed by atoms with Gasteiger partial charge >= 0.3 is 0 Å². The van der Waals surface area contributed by atoms with Gasteiger partial charge in [-0.05, 0) is 24.3 Å². The van der Waals surface area contributed by atoms with Crippen molar-refractivity contribution in [1.29, 1.82) is 0 Å². The third-order valence-electron chi connectivity index (χ3n) is 3.25. The molecule has 1 saturated heterocycles. The topological polar surface area (TPSA) is 45.2 Å². The van der Waals surface area contributed by atoms with Crippen molar-refractivity contribution in [2.45, 2.75) is 0 Å². The molecule has 1 fully saturated rings. The van der Waals surface area contributed by atoms with E-state index in [1.807, 2.05) is 0 Å². The fourth-order valence-corrected chi connectivity index (χ4v) is 2.20. The van der Waals surface area contributed by atoms with Gasteiger partial charge in [-0.25, -0.2) is 0 Å². The maximum absolute atomic E-state index is 8.98. The molecule has 1 aromatic carbocycles. The van der Waals surface area contributed by atoms with Crippen LogP contribution in [-0.2, 0) is 4.74 Å². The average Bonchev–Trinajstić information content (AvgIpc) is 2.54. The van der Waals surface area contributed by atoms with Crippen molar-refractivity contribution in [2.24, 2.45) is 0 Å². The summed E-state index contributed by atoms with van der Waals surface area (Å²) in [6.45, 7) is -2.16. The zero-order valence-corrected chi connectivity index (χ0v) is 11.2. The predicted octanol–water partition coefficient (Wildman–Crippen LogP) is 0.826. The highest BCUT2D eigenvalue weighted by atomic mass is 16.5. The molecule has 112 valence electrons. The van der Waals surface area contributed by atoms with Crippen LogP contribution < -0.4 is 9.64 Å². The SMILES string of the molecule is [2H]C([2H])([2H])OC([2H])([2H])C([2H])([2H])Oc1ccc(N2CCN(CCO)CC2)cc1. The quantitative estimate of drug-likeness (QED) is 0.805. The van der Waals surface area contributed by atoms with E-state index in [2.05, 4.69) is 14.5 Å². The molecule has 1 aliphatic heterocycles. The molecule has 1 heterocycles. The lowest BCUT2D eigenvalue weighted by Gasteiger charge is -2.35. The highest BCUT2D eigenvalue weighted by Gasteiger charge is 2.16. The fraction of sp³-hybridized carbons (Fsp3) is 0.600.